The smallest absolute Gasteiger partial charge is 0.267 e. The van der Waals surface area contributed by atoms with Crippen LogP contribution in [0.15, 0.2) is 24.4 Å². The molecule has 0 radical (unpaired) electrons. The molecule has 2 aromatic rings. The van der Waals surface area contributed by atoms with Crippen molar-refractivity contribution in [3.8, 4) is 0 Å². The van der Waals surface area contributed by atoms with Gasteiger partial charge < -0.3 is 16.0 Å². The van der Waals surface area contributed by atoms with Gasteiger partial charge in [-0.2, -0.15) is 0 Å². The zero-order chi connectivity index (χ0) is 17.4. The fourth-order valence-corrected chi connectivity index (χ4v) is 3.21. The van der Waals surface area contributed by atoms with Crippen molar-refractivity contribution in [1.29, 1.82) is 0 Å². The van der Waals surface area contributed by atoms with Gasteiger partial charge in [0, 0.05) is 23.3 Å². The van der Waals surface area contributed by atoms with Crippen LogP contribution in [0.25, 0.3) is 0 Å². The molecule has 2 saturated carbocycles. The zero-order valence-corrected chi connectivity index (χ0v) is 14.8. The third kappa shape index (κ3) is 3.99. The molecule has 0 spiro atoms. The molecule has 0 bridgehead atoms. The quantitative estimate of drug-likeness (QED) is 0.742. The van der Waals surface area contributed by atoms with Gasteiger partial charge in [0.25, 0.3) is 11.8 Å². The van der Waals surface area contributed by atoms with Crippen molar-refractivity contribution in [1.82, 2.24) is 10.3 Å². The molecule has 130 valence electrons. The molecule has 2 aliphatic carbocycles. The van der Waals surface area contributed by atoms with Crippen LogP contribution < -0.4 is 16.0 Å². The van der Waals surface area contributed by atoms with Crippen molar-refractivity contribution < 1.29 is 9.59 Å². The maximum Gasteiger partial charge on any atom is 0.267 e. The highest BCUT2D eigenvalue weighted by molar-refractivity contribution is 7.17. The summed E-state index contributed by atoms with van der Waals surface area (Å²) in [5.74, 6) is -0.295. The van der Waals surface area contributed by atoms with Crippen molar-refractivity contribution in [3.63, 3.8) is 0 Å². The zero-order valence-electron chi connectivity index (χ0n) is 14.0. The summed E-state index contributed by atoms with van der Waals surface area (Å²) in [4.78, 5) is 29.5. The number of carbonyl (C=O) groups is 2. The molecule has 1 heterocycles. The number of carbonyl (C=O) groups excluding carboxylic acids is 2. The normalized spacial score (nSPS) is 16.4. The van der Waals surface area contributed by atoms with Crippen LogP contribution in [0.1, 0.15) is 51.3 Å². The summed E-state index contributed by atoms with van der Waals surface area (Å²) >= 11 is 1.35. The summed E-state index contributed by atoms with van der Waals surface area (Å²) in [7, 11) is 0. The largest absolute Gasteiger partial charge is 0.359 e. The lowest BCUT2D eigenvalue weighted by Gasteiger charge is -2.10. The molecule has 2 aliphatic rings. The van der Waals surface area contributed by atoms with Crippen molar-refractivity contribution in [2.75, 3.05) is 10.6 Å². The number of hydrogen-bond acceptors (Lipinski definition) is 5. The van der Waals surface area contributed by atoms with E-state index in [0.717, 1.165) is 36.4 Å². The monoisotopic (exact) mass is 356 g/mol. The van der Waals surface area contributed by atoms with Crippen molar-refractivity contribution in [2.45, 2.75) is 44.7 Å². The summed E-state index contributed by atoms with van der Waals surface area (Å²) in [5.41, 5.74) is 2.13. The molecule has 7 heteroatoms. The van der Waals surface area contributed by atoms with Gasteiger partial charge in [0.15, 0.2) is 5.13 Å². The van der Waals surface area contributed by atoms with E-state index in [4.69, 9.17) is 0 Å². The Labute approximate surface area is 150 Å². The highest BCUT2D eigenvalue weighted by atomic mass is 32.1. The van der Waals surface area contributed by atoms with Crippen LogP contribution in [0.3, 0.4) is 0 Å². The first-order chi connectivity index (χ1) is 12.1. The highest BCUT2D eigenvalue weighted by Gasteiger charge is 2.24. The lowest BCUT2D eigenvalue weighted by atomic mass is 10.1. The second-order valence-corrected chi connectivity index (χ2v) is 7.71. The predicted molar refractivity (Wildman–Crippen MR) is 98.4 cm³/mol. The van der Waals surface area contributed by atoms with E-state index < -0.39 is 0 Å². The first kappa shape index (κ1) is 16.1. The summed E-state index contributed by atoms with van der Waals surface area (Å²) in [5, 5.41) is 9.93. The first-order valence-electron chi connectivity index (χ1n) is 8.54. The van der Waals surface area contributed by atoms with Gasteiger partial charge in [-0.1, -0.05) is 17.4 Å². The number of rotatable bonds is 6. The van der Waals surface area contributed by atoms with Gasteiger partial charge in [0.1, 0.15) is 4.88 Å². The lowest BCUT2D eigenvalue weighted by molar-refractivity contribution is 0.0949. The molecule has 1 aromatic carbocycles. The number of hydrogen-bond donors (Lipinski definition) is 3. The molecule has 25 heavy (non-hydrogen) atoms. The number of benzene rings is 1. The lowest BCUT2D eigenvalue weighted by Crippen LogP contribution is -2.25. The number of aromatic nitrogens is 1. The number of nitrogens with one attached hydrogen (secondary N) is 3. The van der Waals surface area contributed by atoms with Gasteiger partial charge in [-0.05, 0) is 50.3 Å². The summed E-state index contributed by atoms with van der Waals surface area (Å²) < 4.78 is 0. The van der Waals surface area contributed by atoms with E-state index in [0.29, 0.717) is 28.2 Å². The predicted octanol–water partition coefficient (Wildman–Crippen LogP) is 3.17. The van der Waals surface area contributed by atoms with Crippen LogP contribution in [0, 0.1) is 6.92 Å². The SMILES string of the molecule is Cc1ccc(C(=O)NC2CC2)cc1NC(=O)c1cnc(NC2CC2)s1. The molecule has 3 N–H and O–H groups in total. The number of anilines is 2. The van der Waals surface area contributed by atoms with Crippen LogP contribution in [0.4, 0.5) is 10.8 Å². The van der Waals surface area contributed by atoms with Gasteiger partial charge in [-0.15, -0.1) is 0 Å². The fourth-order valence-electron chi connectivity index (χ4n) is 2.43. The maximum absolute atomic E-state index is 12.5. The number of nitrogens with zero attached hydrogens (tertiary/aromatic N) is 1. The van der Waals surface area contributed by atoms with Gasteiger partial charge in [-0.3, -0.25) is 9.59 Å². The Balaban J connectivity index is 1.45. The third-order valence-electron chi connectivity index (χ3n) is 4.29. The summed E-state index contributed by atoms with van der Waals surface area (Å²) in [6.45, 7) is 1.91. The maximum atomic E-state index is 12.5. The van der Waals surface area contributed by atoms with E-state index in [1.807, 2.05) is 13.0 Å². The molecule has 1 aromatic heterocycles. The van der Waals surface area contributed by atoms with E-state index in [-0.39, 0.29) is 11.8 Å². The van der Waals surface area contributed by atoms with Crippen LogP contribution in [-0.2, 0) is 0 Å². The van der Waals surface area contributed by atoms with E-state index in [1.165, 1.54) is 11.3 Å². The minimum Gasteiger partial charge on any atom is -0.359 e. The molecule has 4 rings (SSSR count). The van der Waals surface area contributed by atoms with Crippen molar-refractivity contribution in [2.24, 2.45) is 0 Å². The van der Waals surface area contributed by atoms with Gasteiger partial charge >= 0.3 is 0 Å². The minimum absolute atomic E-state index is 0.0910. The third-order valence-corrected chi connectivity index (χ3v) is 5.22. The fraction of sp³-hybridized carbons (Fsp3) is 0.389. The minimum atomic E-state index is -0.204. The number of aryl methyl sites for hydroxylation is 1. The second kappa shape index (κ2) is 6.48. The molecule has 6 nitrogen and oxygen atoms in total. The van der Waals surface area contributed by atoms with E-state index in [2.05, 4.69) is 20.9 Å². The Hall–Kier alpha value is -2.41. The van der Waals surface area contributed by atoms with E-state index in [9.17, 15) is 9.59 Å². The van der Waals surface area contributed by atoms with E-state index in [1.54, 1.807) is 18.3 Å². The van der Waals surface area contributed by atoms with Gasteiger partial charge in [0.05, 0.1) is 6.20 Å². The van der Waals surface area contributed by atoms with Crippen molar-refractivity contribution in [3.05, 3.63) is 40.4 Å². The Kier molecular flexibility index (Phi) is 4.17. The van der Waals surface area contributed by atoms with Crippen LogP contribution >= 0.6 is 11.3 Å². The van der Waals surface area contributed by atoms with Crippen LogP contribution in [0.2, 0.25) is 0 Å². The van der Waals surface area contributed by atoms with Crippen LogP contribution in [-0.4, -0.2) is 28.9 Å². The van der Waals surface area contributed by atoms with Gasteiger partial charge in [-0.25, -0.2) is 4.98 Å². The Morgan fingerprint density at radius 2 is 1.88 bits per heavy atom. The topological polar surface area (TPSA) is 83.1 Å². The molecule has 2 fully saturated rings. The van der Waals surface area contributed by atoms with Gasteiger partial charge in [0.2, 0.25) is 0 Å². The summed E-state index contributed by atoms with van der Waals surface area (Å²) in [6.07, 6.45) is 6.00. The molecule has 2 amide bonds. The molecule has 0 aliphatic heterocycles. The number of thiazole rings is 1. The highest BCUT2D eigenvalue weighted by Crippen LogP contribution is 2.28. The summed E-state index contributed by atoms with van der Waals surface area (Å²) in [6, 6.07) is 6.18. The van der Waals surface area contributed by atoms with Crippen molar-refractivity contribution >= 4 is 34.0 Å². The average molecular weight is 356 g/mol. The Morgan fingerprint density at radius 3 is 2.60 bits per heavy atom. The average Bonchev–Trinajstić information content (AvgIpc) is 3.50. The van der Waals surface area contributed by atoms with Crippen LogP contribution in [0.5, 0.6) is 0 Å². The number of amides is 2. The molecule has 0 atom stereocenters. The molecule has 0 saturated heterocycles. The standard InChI is InChI=1S/C18H20N4O2S/c1-10-2-3-11(16(23)20-12-4-5-12)8-14(10)22-17(24)15-9-19-18(25-15)21-13-6-7-13/h2-3,8-9,12-13H,4-7H2,1H3,(H,19,21)(H,20,23)(H,22,24). The first-order valence-corrected chi connectivity index (χ1v) is 9.35. The molecule has 0 unspecified atom stereocenters. The Bertz CT molecular complexity index is 824. The molecular formula is C18H20N4O2S. The van der Waals surface area contributed by atoms with E-state index >= 15 is 0 Å². The Morgan fingerprint density at radius 1 is 1.12 bits per heavy atom. The second-order valence-electron chi connectivity index (χ2n) is 6.68. The molecular weight excluding hydrogens is 336 g/mol.